The van der Waals surface area contributed by atoms with Gasteiger partial charge >= 0.3 is 5.97 Å². The Bertz CT molecular complexity index is 53.7. The maximum atomic E-state index is 9.82. The molecule has 0 aromatic heterocycles. The van der Waals surface area contributed by atoms with Crippen molar-refractivity contribution in [3.8, 4) is 0 Å². The van der Waals surface area contributed by atoms with Crippen LogP contribution in [0.15, 0.2) is 0 Å². The van der Waals surface area contributed by atoms with Gasteiger partial charge in [-0.3, -0.25) is 4.79 Å². The van der Waals surface area contributed by atoms with E-state index < -0.39 is 0 Å². The number of esters is 1. The molecule has 0 amide bonds. The van der Waals surface area contributed by atoms with Crippen LogP contribution < -0.4 is 0 Å². The molecule has 3 heteroatoms. The molecule has 0 saturated carbocycles. The summed E-state index contributed by atoms with van der Waals surface area (Å²) in [5, 5.41) is 0. The average Bonchev–Trinajstić information content (AvgIpc) is 1.35. The van der Waals surface area contributed by atoms with E-state index in [-0.39, 0.29) is 33.3 Å². The van der Waals surface area contributed by atoms with Gasteiger partial charge in [0.2, 0.25) is 0 Å². The molecule has 0 heterocycles. The van der Waals surface area contributed by atoms with Crippen molar-refractivity contribution in [2.45, 2.75) is 13.8 Å². The van der Waals surface area contributed by atoms with Gasteiger partial charge in [0.1, 0.15) is 0 Å². The molecule has 4 radical (unpaired) electrons. The van der Waals surface area contributed by atoms with Crippen molar-refractivity contribution in [3.05, 3.63) is 0 Å². The molecule has 0 spiro atoms. The van der Waals surface area contributed by atoms with Gasteiger partial charge in [-0.1, -0.05) is 0 Å². The minimum atomic E-state index is -0.211. The van der Waals surface area contributed by atoms with Gasteiger partial charge in [0.25, 0.3) is 0 Å². The van der Waals surface area contributed by atoms with E-state index in [2.05, 4.69) is 4.74 Å². The minimum Gasteiger partial charge on any atom is -0.466 e. The second kappa shape index (κ2) is 6.39. The van der Waals surface area contributed by atoms with Crippen LogP contribution in [-0.4, -0.2) is 39.9 Å². The minimum absolute atomic E-state index is 0. The summed E-state index contributed by atoms with van der Waals surface area (Å²) in [6, 6.07) is 0. The molecule has 0 bridgehead atoms. The number of hydrogen-bond donors (Lipinski definition) is 0. The third kappa shape index (κ3) is 10.7. The standard InChI is InChI=1S/C4H8O2.Pb/c1-3-6-4(2)5;/h3H2,1-2H3;. The van der Waals surface area contributed by atoms with E-state index in [0.29, 0.717) is 6.61 Å². The Morgan fingerprint density at radius 2 is 2.14 bits per heavy atom. The quantitative estimate of drug-likeness (QED) is 0.510. The van der Waals surface area contributed by atoms with Gasteiger partial charge in [-0.25, -0.2) is 0 Å². The van der Waals surface area contributed by atoms with E-state index in [9.17, 15) is 4.79 Å². The monoisotopic (exact) mass is 296 g/mol. The van der Waals surface area contributed by atoms with Crippen LogP contribution in [0.5, 0.6) is 0 Å². The zero-order chi connectivity index (χ0) is 4.99. The summed E-state index contributed by atoms with van der Waals surface area (Å²) in [5.41, 5.74) is 0. The Labute approximate surface area is 63.4 Å². The molecule has 0 N–H and O–H groups in total. The molecule has 0 aliphatic rings. The smallest absolute Gasteiger partial charge is 0.302 e. The van der Waals surface area contributed by atoms with Gasteiger partial charge < -0.3 is 4.74 Å². The van der Waals surface area contributed by atoms with Crippen molar-refractivity contribution < 1.29 is 9.53 Å². The largest absolute Gasteiger partial charge is 0.466 e. The van der Waals surface area contributed by atoms with E-state index in [4.69, 9.17) is 0 Å². The normalized spacial score (nSPS) is 6.57. The molecule has 40 valence electrons. The molecule has 0 fully saturated rings. The zero-order valence-corrected chi connectivity index (χ0v) is 8.41. The predicted molar refractivity (Wildman–Crippen MR) is 28.1 cm³/mol. The van der Waals surface area contributed by atoms with Gasteiger partial charge in [0, 0.05) is 34.2 Å². The van der Waals surface area contributed by atoms with E-state index >= 15 is 0 Å². The second-order valence-corrected chi connectivity index (χ2v) is 0.925. The molecular formula is C4H8O2Pb. The van der Waals surface area contributed by atoms with Crippen LogP contribution in [0.25, 0.3) is 0 Å². The molecule has 0 aromatic rings. The summed E-state index contributed by atoms with van der Waals surface area (Å²) in [6.07, 6.45) is 0. The first-order valence-corrected chi connectivity index (χ1v) is 1.90. The summed E-state index contributed by atoms with van der Waals surface area (Å²) in [7, 11) is 0. The summed E-state index contributed by atoms with van der Waals surface area (Å²) < 4.78 is 4.40. The Hall–Kier alpha value is 0.392. The third-order valence-electron chi connectivity index (χ3n) is 0.348. The van der Waals surface area contributed by atoms with E-state index in [0.717, 1.165) is 0 Å². The van der Waals surface area contributed by atoms with Crippen molar-refractivity contribution in [2.24, 2.45) is 0 Å². The molecule has 0 aliphatic carbocycles. The fourth-order valence-electron chi connectivity index (χ4n) is 0.203. The van der Waals surface area contributed by atoms with Crippen molar-refractivity contribution in [2.75, 3.05) is 6.61 Å². The average molecular weight is 295 g/mol. The zero-order valence-electron chi connectivity index (χ0n) is 4.52. The van der Waals surface area contributed by atoms with Gasteiger partial charge in [0.15, 0.2) is 0 Å². The second-order valence-electron chi connectivity index (χ2n) is 0.925. The third-order valence-corrected chi connectivity index (χ3v) is 0.348. The van der Waals surface area contributed by atoms with Crippen molar-refractivity contribution in [1.29, 1.82) is 0 Å². The molecular weight excluding hydrogens is 287 g/mol. The molecule has 7 heavy (non-hydrogen) atoms. The fourth-order valence-corrected chi connectivity index (χ4v) is 0.203. The van der Waals surface area contributed by atoms with Crippen molar-refractivity contribution >= 4 is 33.3 Å². The van der Waals surface area contributed by atoms with Crippen molar-refractivity contribution in [3.63, 3.8) is 0 Å². The summed E-state index contributed by atoms with van der Waals surface area (Å²) in [5.74, 6) is -0.211. The van der Waals surface area contributed by atoms with E-state index in [1.807, 2.05) is 0 Å². The van der Waals surface area contributed by atoms with Gasteiger partial charge in [-0.05, 0) is 6.92 Å². The SMILES string of the molecule is CCOC(C)=O.[Pb]. The number of hydrogen-bond acceptors (Lipinski definition) is 2. The number of rotatable bonds is 1. The van der Waals surface area contributed by atoms with E-state index in [1.54, 1.807) is 6.92 Å². The Morgan fingerprint density at radius 3 is 2.14 bits per heavy atom. The Balaban J connectivity index is 0. The molecule has 0 rings (SSSR count). The first kappa shape index (κ1) is 10.4. The first-order valence-electron chi connectivity index (χ1n) is 1.90. The van der Waals surface area contributed by atoms with Crippen LogP contribution in [0.4, 0.5) is 0 Å². The molecule has 0 atom stereocenters. The topological polar surface area (TPSA) is 26.3 Å². The van der Waals surface area contributed by atoms with Gasteiger partial charge in [-0.15, -0.1) is 0 Å². The van der Waals surface area contributed by atoms with Crippen LogP contribution in [0.3, 0.4) is 0 Å². The Kier molecular flexibility index (Phi) is 9.49. The molecule has 2 nitrogen and oxygen atoms in total. The maximum absolute atomic E-state index is 9.82. The first-order chi connectivity index (χ1) is 2.77. The van der Waals surface area contributed by atoms with Crippen LogP contribution in [0, 0.1) is 0 Å². The van der Waals surface area contributed by atoms with Crippen LogP contribution in [-0.2, 0) is 9.53 Å². The number of carbonyl (C=O) groups is 1. The maximum Gasteiger partial charge on any atom is 0.302 e. The van der Waals surface area contributed by atoms with Gasteiger partial charge in [0.05, 0.1) is 6.61 Å². The van der Waals surface area contributed by atoms with Crippen molar-refractivity contribution in [1.82, 2.24) is 0 Å². The molecule has 0 aromatic carbocycles. The summed E-state index contributed by atoms with van der Waals surface area (Å²) in [6.45, 7) is 3.65. The Morgan fingerprint density at radius 1 is 1.71 bits per heavy atom. The predicted octanol–water partition coefficient (Wildman–Crippen LogP) is 0.189. The number of carbonyl (C=O) groups excluding carboxylic acids is 1. The van der Waals surface area contributed by atoms with E-state index in [1.165, 1.54) is 6.92 Å². The summed E-state index contributed by atoms with van der Waals surface area (Å²) in [4.78, 5) is 9.82. The number of ether oxygens (including phenoxy) is 1. The fraction of sp³-hybridized carbons (Fsp3) is 0.750. The van der Waals surface area contributed by atoms with Crippen LogP contribution in [0.2, 0.25) is 0 Å². The summed E-state index contributed by atoms with van der Waals surface area (Å²) >= 11 is 0. The molecule has 0 unspecified atom stereocenters. The van der Waals surface area contributed by atoms with Crippen LogP contribution in [0.1, 0.15) is 13.8 Å². The molecule has 0 saturated heterocycles. The van der Waals surface area contributed by atoms with Gasteiger partial charge in [-0.2, -0.15) is 0 Å². The van der Waals surface area contributed by atoms with Crippen LogP contribution >= 0.6 is 0 Å². The molecule has 0 aliphatic heterocycles.